The highest BCUT2D eigenvalue weighted by molar-refractivity contribution is 5.93. The molecule has 2 aliphatic rings. The highest BCUT2D eigenvalue weighted by Gasteiger charge is 2.40. The largest absolute Gasteiger partial charge is 0.388 e. The summed E-state index contributed by atoms with van der Waals surface area (Å²) in [6.45, 7) is 4.42. The van der Waals surface area contributed by atoms with Crippen LogP contribution in [0.4, 0.5) is 5.69 Å². The third-order valence-corrected chi connectivity index (χ3v) is 7.14. The van der Waals surface area contributed by atoms with Crippen molar-refractivity contribution in [2.45, 2.75) is 50.7 Å². The van der Waals surface area contributed by atoms with Crippen LogP contribution in [0, 0.1) is 0 Å². The van der Waals surface area contributed by atoms with Crippen LogP contribution >= 0.6 is 0 Å². The van der Waals surface area contributed by atoms with E-state index in [4.69, 9.17) is 25.3 Å². The molecule has 1 aromatic carbocycles. The van der Waals surface area contributed by atoms with Crippen molar-refractivity contribution in [3.8, 4) is 22.6 Å². The van der Waals surface area contributed by atoms with E-state index in [9.17, 15) is 9.90 Å². The van der Waals surface area contributed by atoms with E-state index < -0.39 is 23.9 Å². The Kier molecular flexibility index (Phi) is 5.93. The molecule has 0 unspecified atom stereocenters. The number of imidazole rings is 1. The van der Waals surface area contributed by atoms with Crippen LogP contribution in [0.2, 0.25) is 0 Å². The number of amides is 1. The minimum atomic E-state index is -0.749. The smallest absolute Gasteiger partial charge is 0.248 e. The molecular formula is C27H31N7O4. The van der Waals surface area contributed by atoms with Crippen molar-refractivity contribution in [2.24, 2.45) is 12.8 Å². The average Bonchev–Trinajstić information content (AvgIpc) is 3.31. The number of carbonyl (C=O) groups excluding carboxylic acids is 1. The van der Waals surface area contributed by atoms with Crippen LogP contribution < -0.4 is 10.6 Å². The summed E-state index contributed by atoms with van der Waals surface area (Å²) in [5, 5.41) is 20.4. The van der Waals surface area contributed by atoms with E-state index in [0.717, 1.165) is 41.2 Å². The van der Waals surface area contributed by atoms with E-state index in [0.29, 0.717) is 24.4 Å². The number of aryl methyl sites for hydroxylation is 1. The van der Waals surface area contributed by atoms with Crippen molar-refractivity contribution in [2.75, 3.05) is 18.1 Å². The summed E-state index contributed by atoms with van der Waals surface area (Å²) in [4.78, 5) is 18.5. The Hall–Kier alpha value is -3.80. The summed E-state index contributed by atoms with van der Waals surface area (Å²) in [6.07, 6.45) is 4.40. The van der Waals surface area contributed by atoms with Gasteiger partial charge in [-0.15, -0.1) is 0 Å². The molecule has 2 fully saturated rings. The highest BCUT2D eigenvalue weighted by Crippen LogP contribution is 2.37. The van der Waals surface area contributed by atoms with Crippen molar-refractivity contribution >= 4 is 17.2 Å². The quantitative estimate of drug-likeness (QED) is 0.364. The number of carbonyl (C=O) groups is 1. The number of aliphatic hydroxyl groups excluding tert-OH is 1. The van der Waals surface area contributed by atoms with Gasteiger partial charge >= 0.3 is 0 Å². The van der Waals surface area contributed by atoms with Crippen molar-refractivity contribution in [3.63, 3.8) is 0 Å². The maximum Gasteiger partial charge on any atom is 0.248 e. The molecule has 38 heavy (non-hydrogen) atoms. The summed E-state index contributed by atoms with van der Waals surface area (Å²) in [6, 6.07) is 11.3. The molecule has 6 rings (SSSR count). The lowest BCUT2D eigenvalue weighted by Gasteiger charge is -2.30. The Bertz CT molecular complexity index is 1490. The third kappa shape index (κ3) is 4.53. The summed E-state index contributed by atoms with van der Waals surface area (Å²) in [7, 11) is 1.87. The molecule has 1 aliphatic heterocycles. The fourth-order valence-corrected chi connectivity index (χ4v) is 4.97. The Balaban J connectivity index is 1.44. The number of fused-ring (bicyclic) bond motifs is 1. The zero-order valence-corrected chi connectivity index (χ0v) is 21.6. The van der Waals surface area contributed by atoms with Gasteiger partial charge in [0.1, 0.15) is 11.8 Å². The van der Waals surface area contributed by atoms with Crippen molar-refractivity contribution in [3.05, 3.63) is 54.4 Å². The van der Waals surface area contributed by atoms with E-state index in [1.165, 1.54) is 0 Å². The Morgan fingerprint density at radius 2 is 2.00 bits per heavy atom. The topological polar surface area (TPSA) is 133 Å². The van der Waals surface area contributed by atoms with Gasteiger partial charge in [-0.25, -0.2) is 9.50 Å². The Morgan fingerprint density at radius 3 is 2.61 bits per heavy atom. The molecule has 1 saturated heterocycles. The summed E-state index contributed by atoms with van der Waals surface area (Å²) in [5.41, 5.74) is 10.6. The van der Waals surface area contributed by atoms with Crippen LogP contribution in [0.25, 0.3) is 28.3 Å². The zero-order valence-electron chi connectivity index (χ0n) is 21.6. The molecule has 0 radical (unpaired) electrons. The van der Waals surface area contributed by atoms with Gasteiger partial charge < -0.3 is 25.2 Å². The second-order valence-electron chi connectivity index (χ2n) is 10.4. The number of aromatic nitrogens is 5. The molecule has 1 aliphatic carbocycles. The molecule has 1 saturated carbocycles. The second kappa shape index (κ2) is 9.19. The predicted molar refractivity (Wildman–Crippen MR) is 140 cm³/mol. The molecule has 198 valence electrons. The molecule has 0 bridgehead atoms. The van der Waals surface area contributed by atoms with Gasteiger partial charge in [-0.3, -0.25) is 9.48 Å². The van der Waals surface area contributed by atoms with Crippen LogP contribution in [0.15, 0.2) is 48.8 Å². The maximum atomic E-state index is 11.6. The molecule has 4 aromatic rings. The van der Waals surface area contributed by atoms with E-state index in [-0.39, 0.29) is 6.04 Å². The lowest BCUT2D eigenvalue weighted by Crippen LogP contribution is -2.42. The fourth-order valence-electron chi connectivity index (χ4n) is 4.97. The number of rotatable bonds is 8. The van der Waals surface area contributed by atoms with Crippen molar-refractivity contribution < 1.29 is 19.4 Å². The predicted octanol–water partition coefficient (Wildman–Crippen LogP) is 2.38. The first-order chi connectivity index (χ1) is 18.2. The standard InChI is InChI=1S/C27H31N7O4/c1-27(2)37-15-24(38-27)23(35)14-33(18-8-9-18)21-12-19(20-10-11-30-32(20)3)31-34-22(13-29-26(21)34)16-4-6-17(7-5-16)25(28)36/h4-7,10-13,18,23-24,35H,8-9,14-15H2,1-3H3,(H2,28,36)/t23-,24+/m0/s1. The van der Waals surface area contributed by atoms with Crippen molar-refractivity contribution in [1.82, 2.24) is 24.4 Å². The lowest BCUT2D eigenvalue weighted by atomic mass is 10.1. The number of nitrogens with two attached hydrogens (primary N) is 1. The normalized spacial score (nSPS) is 19.6. The Morgan fingerprint density at radius 1 is 1.24 bits per heavy atom. The lowest BCUT2D eigenvalue weighted by molar-refractivity contribution is -0.150. The van der Waals surface area contributed by atoms with Gasteiger partial charge in [0.2, 0.25) is 5.91 Å². The molecule has 11 nitrogen and oxygen atoms in total. The number of benzene rings is 1. The number of ether oxygens (including phenoxy) is 2. The molecule has 1 amide bonds. The van der Waals surface area contributed by atoms with Crippen LogP contribution in [0.5, 0.6) is 0 Å². The Labute approximate surface area is 219 Å². The summed E-state index contributed by atoms with van der Waals surface area (Å²) >= 11 is 0. The maximum absolute atomic E-state index is 11.6. The number of nitrogens with zero attached hydrogens (tertiary/aromatic N) is 6. The highest BCUT2D eigenvalue weighted by atomic mass is 16.7. The van der Waals surface area contributed by atoms with E-state index in [2.05, 4.69) is 10.00 Å². The van der Waals surface area contributed by atoms with E-state index in [1.54, 1.807) is 29.2 Å². The van der Waals surface area contributed by atoms with E-state index in [1.807, 2.05) is 49.7 Å². The van der Waals surface area contributed by atoms with Gasteiger partial charge in [-0.1, -0.05) is 12.1 Å². The summed E-state index contributed by atoms with van der Waals surface area (Å²) in [5.74, 6) is -1.19. The minimum absolute atomic E-state index is 0.278. The van der Waals surface area contributed by atoms with Gasteiger partial charge in [-0.2, -0.15) is 10.2 Å². The van der Waals surface area contributed by atoms with Gasteiger partial charge in [0.15, 0.2) is 11.4 Å². The van der Waals surface area contributed by atoms with E-state index >= 15 is 0 Å². The molecule has 3 N–H and O–H groups in total. The number of anilines is 1. The van der Waals surface area contributed by atoms with Crippen molar-refractivity contribution in [1.29, 1.82) is 0 Å². The fraction of sp³-hybridized carbons (Fsp3) is 0.407. The third-order valence-electron chi connectivity index (χ3n) is 7.14. The second-order valence-corrected chi connectivity index (χ2v) is 10.4. The first-order valence-corrected chi connectivity index (χ1v) is 12.7. The first kappa shape index (κ1) is 24.5. The van der Waals surface area contributed by atoms with Gasteiger partial charge in [0.05, 0.1) is 36.0 Å². The van der Waals surface area contributed by atoms with Crippen LogP contribution in [0.1, 0.15) is 37.0 Å². The van der Waals surface area contributed by atoms with Gasteiger partial charge in [0.25, 0.3) is 0 Å². The zero-order chi connectivity index (χ0) is 26.6. The van der Waals surface area contributed by atoms with Gasteiger partial charge in [-0.05, 0) is 51.0 Å². The number of hydrogen-bond donors (Lipinski definition) is 2. The van der Waals surface area contributed by atoms with Gasteiger partial charge in [0, 0.05) is 37.0 Å². The summed E-state index contributed by atoms with van der Waals surface area (Å²) < 4.78 is 15.2. The molecule has 2 atom stereocenters. The molecule has 0 spiro atoms. The number of primary amides is 1. The first-order valence-electron chi connectivity index (χ1n) is 12.7. The molecular weight excluding hydrogens is 486 g/mol. The number of aliphatic hydroxyl groups is 1. The average molecular weight is 518 g/mol. The molecule has 3 aromatic heterocycles. The minimum Gasteiger partial charge on any atom is -0.388 e. The molecule has 4 heterocycles. The molecule has 11 heteroatoms. The van der Waals surface area contributed by atoms with Crippen LogP contribution in [-0.2, 0) is 16.5 Å². The number of hydrogen-bond acceptors (Lipinski definition) is 8. The van der Waals surface area contributed by atoms with Crippen LogP contribution in [0.3, 0.4) is 0 Å². The SMILES string of the molecule is Cn1nccc1-c1cc(N(C[C@H](O)[C@H]2COC(C)(C)O2)C2CC2)c2ncc(-c3ccc(C(N)=O)cc3)n2n1. The monoisotopic (exact) mass is 517 g/mol. The van der Waals surface area contributed by atoms with Crippen LogP contribution in [-0.4, -0.2) is 72.6 Å².